The van der Waals surface area contributed by atoms with E-state index < -0.39 is 0 Å². The summed E-state index contributed by atoms with van der Waals surface area (Å²) in [5, 5.41) is 3.84. The van der Waals surface area contributed by atoms with Gasteiger partial charge in [0.25, 0.3) is 0 Å². The molecule has 1 saturated heterocycles. The molecule has 1 fully saturated rings. The predicted molar refractivity (Wildman–Crippen MR) is 112 cm³/mol. The first-order valence-electron chi connectivity index (χ1n) is 9.66. The van der Waals surface area contributed by atoms with Gasteiger partial charge in [0.15, 0.2) is 11.5 Å². The van der Waals surface area contributed by atoms with Gasteiger partial charge in [-0.1, -0.05) is 34.1 Å². The summed E-state index contributed by atoms with van der Waals surface area (Å²) in [6, 6.07) is 6.00. The highest BCUT2D eigenvalue weighted by Gasteiger charge is 2.15. The minimum atomic E-state index is 0.161. The molecule has 1 N–H and O–H groups in total. The Morgan fingerprint density at radius 2 is 2.00 bits per heavy atom. The van der Waals surface area contributed by atoms with Crippen LogP contribution in [0.2, 0.25) is 0 Å². The van der Waals surface area contributed by atoms with Crippen molar-refractivity contribution in [2.24, 2.45) is 0 Å². The molecule has 2 rings (SSSR count). The Labute approximate surface area is 165 Å². The van der Waals surface area contributed by atoms with Crippen LogP contribution in [-0.2, 0) is 11.2 Å². The van der Waals surface area contributed by atoms with E-state index in [4.69, 9.17) is 9.47 Å². The second-order valence-electron chi connectivity index (χ2n) is 6.32. The fraction of sp³-hybridized carbons (Fsp3) is 0.650. The lowest BCUT2D eigenvalue weighted by Gasteiger charge is -2.12. The maximum absolute atomic E-state index is 12.0. The summed E-state index contributed by atoms with van der Waals surface area (Å²) < 4.78 is 11.2. The van der Waals surface area contributed by atoms with Crippen LogP contribution in [0.4, 0.5) is 0 Å². The zero-order valence-electron chi connectivity index (χ0n) is 15.9. The fourth-order valence-corrected chi connectivity index (χ4v) is 5.94. The topological polar surface area (TPSA) is 47.6 Å². The SMILES string of the molecule is CCOc1ccc(CCNC(=O)CCCCC2CCSS2)cc1OCC. The average Bonchev–Trinajstić information content (AvgIpc) is 3.15. The molecule has 1 aliphatic rings. The molecule has 0 saturated carbocycles. The molecule has 4 nitrogen and oxygen atoms in total. The van der Waals surface area contributed by atoms with E-state index in [-0.39, 0.29) is 5.91 Å². The molecule has 1 heterocycles. The Hall–Kier alpha value is -1.01. The second-order valence-corrected chi connectivity index (χ2v) is 9.11. The first kappa shape index (κ1) is 21.3. The molecular weight excluding hydrogens is 366 g/mol. The van der Waals surface area contributed by atoms with Gasteiger partial charge in [0.05, 0.1) is 13.2 Å². The van der Waals surface area contributed by atoms with Gasteiger partial charge >= 0.3 is 0 Å². The van der Waals surface area contributed by atoms with Gasteiger partial charge in [0.2, 0.25) is 5.91 Å². The molecule has 0 aliphatic carbocycles. The zero-order chi connectivity index (χ0) is 18.6. The van der Waals surface area contributed by atoms with E-state index in [0.717, 1.165) is 41.6 Å². The molecular formula is C20H31NO3S2. The maximum atomic E-state index is 12.0. The number of amides is 1. The quantitative estimate of drug-likeness (QED) is 0.403. The highest BCUT2D eigenvalue weighted by Crippen LogP contribution is 2.39. The normalized spacial score (nSPS) is 16.5. The number of ether oxygens (including phenoxy) is 2. The van der Waals surface area contributed by atoms with Crippen molar-refractivity contribution in [2.75, 3.05) is 25.5 Å². The number of carbonyl (C=O) groups excluding carboxylic acids is 1. The van der Waals surface area contributed by atoms with Crippen LogP contribution in [0.3, 0.4) is 0 Å². The van der Waals surface area contributed by atoms with Gasteiger partial charge < -0.3 is 14.8 Å². The van der Waals surface area contributed by atoms with Crippen molar-refractivity contribution >= 4 is 27.5 Å². The molecule has 26 heavy (non-hydrogen) atoms. The van der Waals surface area contributed by atoms with Gasteiger partial charge in [-0.25, -0.2) is 0 Å². The highest BCUT2D eigenvalue weighted by atomic mass is 33.1. The van der Waals surface area contributed by atoms with Crippen LogP contribution >= 0.6 is 21.6 Å². The summed E-state index contributed by atoms with van der Waals surface area (Å²) in [6.07, 6.45) is 6.16. The molecule has 0 spiro atoms. The van der Waals surface area contributed by atoms with Gasteiger partial charge in [0, 0.05) is 24.0 Å². The molecule has 1 atom stereocenters. The standard InChI is InChI=1S/C20H31NO3S2/c1-3-23-18-10-9-16(15-19(18)24-4-2)11-13-21-20(22)8-6-5-7-17-12-14-25-26-17/h9-10,15,17H,3-8,11-14H2,1-2H3,(H,21,22). The molecule has 0 aromatic heterocycles. The van der Waals surface area contributed by atoms with Gasteiger partial charge in [-0.2, -0.15) is 0 Å². The molecule has 6 heteroatoms. The van der Waals surface area contributed by atoms with E-state index in [9.17, 15) is 4.79 Å². The molecule has 1 aromatic carbocycles. The molecule has 1 aliphatic heterocycles. The van der Waals surface area contributed by atoms with Crippen molar-refractivity contribution < 1.29 is 14.3 Å². The Bertz CT molecular complexity index is 548. The number of rotatable bonds is 12. The summed E-state index contributed by atoms with van der Waals surface area (Å²) >= 11 is 0. The summed E-state index contributed by atoms with van der Waals surface area (Å²) in [6.45, 7) is 5.82. The van der Waals surface area contributed by atoms with Gasteiger partial charge in [-0.15, -0.1) is 0 Å². The predicted octanol–water partition coefficient (Wildman–Crippen LogP) is 4.86. The first-order chi connectivity index (χ1) is 12.7. The minimum absolute atomic E-state index is 0.161. The lowest BCUT2D eigenvalue weighted by atomic mass is 10.1. The number of hydrogen-bond donors (Lipinski definition) is 1. The lowest BCUT2D eigenvalue weighted by molar-refractivity contribution is -0.121. The number of nitrogens with one attached hydrogen (secondary N) is 1. The monoisotopic (exact) mass is 397 g/mol. The van der Waals surface area contributed by atoms with Gasteiger partial charge in [-0.3, -0.25) is 4.79 Å². The molecule has 1 amide bonds. The molecule has 1 aromatic rings. The van der Waals surface area contributed by atoms with Crippen molar-refractivity contribution in [2.45, 2.75) is 57.6 Å². The van der Waals surface area contributed by atoms with Crippen molar-refractivity contribution in [3.05, 3.63) is 23.8 Å². The van der Waals surface area contributed by atoms with Crippen LogP contribution in [0.1, 0.15) is 51.5 Å². The summed E-state index contributed by atoms with van der Waals surface area (Å²) in [4.78, 5) is 12.0. The Morgan fingerprint density at radius 1 is 1.19 bits per heavy atom. The van der Waals surface area contributed by atoms with Crippen LogP contribution in [0.15, 0.2) is 18.2 Å². The van der Waals surface area contributed by atoms with E-state index in [1.807, 2.05) is 53.6 Å². The Kier molecular flexibility index (Phi) is 10.1. The molecule has 1 unspecified atom stereocenters. The van der Waals surface area contributed by atoms with Crippen molar-refractivity contribution in [1.82, 2.24) is 5.32 Å². The molecule has 0 bridgehead atoms. The van der Waals surface area contributed by atoms with Crippen molar-refractivity contribution in [3.63, 3.8) is 0 Å². The third-order valence-corrected chi connectivity index (χ3v) is 7.26. The fourth-order valence-electron chi connectivity index (χ4n) is 2.91. The third kappa shape index (κ3) is 7.70. The minimum Gasteiger partial charge on any atom is -0.490 e. The molecule has 0 radical (unpaired) electrons. The van der Waals surface area contributed by atoms with Crippen LogP contribution in [-0.4, -0.2) is 36.7 Å². The Balaban J connectivity index is 1.64. The number of hydrogen-bond acceptors (Lipinski definition) is 5. The van der Waals surface area contributed by atoms with Crippen molar-refractivity contribution in [3.8, 4) is 11.5 Å². The zero-order valence-corrected chi connectivity index (χ0v) is 17.6. The van der Waals surface area contributed by atoms with E-state index in [1.54, 1.807) is 0 Å². The van der Waals surface area contributed by atoms with Crippen LogP contribution in [0.25, 0.3) is 0 Å². The molecule has 146 valence electrons. The maximum Gasteiger partial charge on any atom is 0.220 e. The largest absolute Gasteiger partial charge is 0.490 e. The number of carbonyl (C=O) groups is 1. The first-order valence-corrected chi connectivity index (χ1v) is 12.0. The van der Waals surface area contributed by atoms with Gasteiger partial charge in [-0.05, 0) is 57.2 Å². The lowest BCUT2D eigenvalue weighted by Crippen LogP contribution is -2.25. The summed E-state index contributed by atoms with van der Waals surface area (Å²) in [5.74, 6) is 3.00. The Morgan fingerprint density at radius 3 is 2.73 bits per heavy atom. The smallest absolute Gasteiger partial charge is 0.220 e. The van der Waals surface area contributed by atoms with Crippen LogP contribution in [0.5, 0.6) is 11.5 Å². The van der Waals surface area contributed by atoms with Crippen LogP contribution < -0.4 is 14.8 Å². The van der Waals surface area contributed by atoms with E-state index in [2.05, 4.69) is 5.32 Å². The average molecular weight is 398 g/mol. The van der Waals surface area contributed by atoms with E-state index in [1.165, 1.54) is 18.6 Å². The van der Waals surface area contributed by atoms with Gasteiger partial charge in [0.1, 0.15) is 0 Å². The van der Waals surface area contributed by atoms with Crippen molar-refractivity contribution in [1.29, 1.82) is 0 Å². The third-order valence-electron chi connectivity index (χ3n) is 4.25. The highest BCUT2D eigenvalue weighted by molar-refractivity contribution is 8.77. The summed E-state index contributed by atoms with van der Waals surface area (Å²) in [7, 11) is 4.00. The summed E-state index contributed by atoms with van der Waals surface area (Å²) in [5.41, 5.74) is 1.15. The number of unbranched alkanes of at least 4 members (excludes halogenated alkanes) is 1. The van der Waals surface area contributed by atoms with E-state index >= 15 is 0 Å². The number of benzene rings is 1. The second kappa shape index (κ2) is 12.4. The van der Waals surface area contributed by atoms with E-state index in [0.29, 0.717) is 26.2 Å². The van der Waals surface area contributed by atoms with Crippen LogP contribution in [0, 0.1) is 0 Å².